The van der Waals surface area contributed by atoms with E-state index in [0.717, 1.165) is 9.88 Å². The summed E-state index contributed by atoms with van der Waals surface area (Å²) in [5.74, 6) is 0.692. The van der Waals surface area contributed by atoms with Crippen LogP contribution in [0.15, 0.2) is 11.6 Å². The Morgan fingerprint density at radius 1 is 1.70 bits per heavy atom. The van der Waals surface area contributed by atoms with Crippen LogP contribution in [0.3, 0.4) is 0 Å². The highest BCUT2D eigenvalue weighted by Crippen LogP contribution is 2.25. The molecule has 0 bridgehead atoms. The lowest BCUT2D eigenvalue weighted by atomic mass is 10.5. The SMILES string of the molecule is C=Cc1sc(C)nc1N=C. The monoisotopic (exact) mass is 152 g/mol. The van der Waals surface area contributed by atoms with E-state index in [2.05, 4.69) is 23.3 Å². The van der Waals surface area contributed by atoms with E-state index in [9.17, 15) is 0 Å². The highest BCUT2D eigenvalue weighted by molar-refractivity contribution is 7.12. The van der Waals surface area contributed by atoms with Crippen molar-refractivity contribution < 1.29 is 0 Å². The maximum atomic E-state index is 4.12. The lowest BCUT2D eigenvalue weighted by molar-refractivity contribution is 1.26. The third-order valence-electron chi connectivity index (χ3n) is 1.08. The summed E-state index contributed by atoms with van der Waals surface area (Å²) in [5, 5.41) is 0.998. The van der Waals surface area contributed by atoms with Crippen molar-refractivity contribution in [2.24, 2.45) is 4.99 Å². The summed E-state index contributed by atoms with van der Waals surface area (Å²) in [6.07, 6.45) is 1.74. The van der Waals surface area contributed by atoms with Crippen LogP contribution in [0.5, 0.6) is 0 Å². The summed E-state index contributed by atoms with van der Waals surface area (Å²) in [4.78, 5) is 8.85. The van der Waals surface area contributed by atoms with Gasteiger partial charge in [-0.15, -0.1) is 11.3 Å². The first kappa shape index (κ1) is 7.15. The molecule has 1 rings (SSSR count). The second kappa shape index (κ2) is 2.75. The van der Waals surface area contributed by atoms with Crippen LogP contribution in [0.4, 0.5) is 5.82 Å². The Morgan fingerprint density at radius 3 is 2.80 bits per heavy atom. The average Bonchev–Trinajstić information content (AvgIpc) is 2.30. The Hall–Kier alpha value is -0.960. The van der Waals surface area contributed by atoms with Gasteiger partial charge in [-0.25, -0.2) is 9.98 Å². The van der Waals surface area contributed by atoms with Gasteiger partial charge in [0.1, 0.15) is 0 Å². The number of aromatic nitrogens is 1. The van der Waals surface area contributed by atoms with Crippen LogP contribution in [0.2, 0.25) is 0 Å². The molecule has 52 valence electrons. The molecule has 0 saturated carbocycles. The van der Waals surface area contributed by atoms with E-state index in [0.29, 0.717) is 5.82 Å². The van der Waals surface area contributed by atoms with Gasteiger partial charge in [-0.1, -0.05) is 6.58 Å². The molecule has 0 radical (unpaired) electrons. The summed E-state index contributed by atoms with van der Waals surface area (Å²) in [6, 6.07) is 0. The van der Waals surface area contributed by atoms with Gasteiger partial charge in [0.2, 0.25) is 0 Å². The van der Waals surface area contributed by atoms with Crippen molar-refractivity contribution in [1.29, 1.82) is 0 Å². The van der Waals surface area contributed by atoms with Crippen LogP contribution in [-0.4, -0.2) is 11.7 Å². The first-order chi connectivity index (χ1) is 4.77. The molecule has 0 atom stereocenters. The topological polar surface area (TPSA) is 25.2 Å². The van der Waals surface area contributed by atoms with Crippen molar-refractivity contribution >= 4 is 29.9 Å². The van der Waals surface area contributed by atoms with Crippen LogP contribution < -0.4 is 0 Å². The zero-order chi connectivity index (χ0) is 7.56. The molecule has 0 unspecified atom stereocenters. The van der Waals surface area contributed by atoms with Crippen molar-refractivity contribution in [3.8, 4) is 0 Å². The first-order valence-electron chi connectivity index (χ1n) is 2.84. The molecule has 0 aliphatic heterocycles. The van der Waals surface area contributed by atoms with Crippen LogP contribution in [0.25, 0.3) is 6.08 Å². The average molecular weight is 152 g/mol. The first-order valence-corrected chi connectivity index (χ1v) is 3.66. The third kappa shape index (κ3) is 1.14. The van der Waals surface area contributed by atoms with Crippen molar-refractivity contribution in [3.05, 3.63) is 16.5 Å². The molecule has 0 fully saturated rings. The van der Waals surface area contributed by atoms with Crippen molar-refractivity contribution in [1.82, 2.24) is 4.98 Å². The normalized spacial score (nSPS) is 9.30. The van der Waals surface area contributed by atoms with E-state index < -0.39 is 0 Å². The van der Waals surface area contributed by atoms with Crippen LogP contribution in [-0.2, 0) is 0 Å². The highest BCUT2D eigenvalue weighted by atomic mass is 32.1. The maximum Gasteiger partial charge on any atom is 0.169 e. The number of aliphatic imine (C=N–C) groups is 1. The number of hydrogen-bond acceptors (Lipinski definition) is 3. The quantitative estimate of drug-likeness (QED) is 0.597. The second-order valence-electron chi connectivity index (χ2n) is 1.78. The van der Waals surface area contributed by atoms with Gasteiger partial charge in [0, 0.05) is 0 Å². The fourth-order valence-electron chi connectivity index (χ4n) is 0.678. The second-order valence-corrected chi connectivity index (χ2v) is 3.02. The lowest BCUT2D eigenvalue weighted by Crippen LogP contribution is -1.65. The third-order valence-corrected chi connectivity index (χ3v) is 2.03. The van der Waals surface area contributed by atoms with Crippen LogP contribution >= 0.6 is 11.3 Å². The van der Waals surface area contributed by atoms with Gasteiger partial charge in [0.05, 0.1) is 9.88 Å². The molecule has 1 aromatic heterocycles. The highest BCUT2D eigenvalue weighted by Gasteiger charge is 2.01. The predicted molar refractivity (Wildman–Crippen MR) is 46.2 cm³/mol. The molecule has 0 saturated heterocycles. The van der Waals surface area contributed by atoms with E-state index in [1.54, 1.807) is 17.4 Å². The molecule has 0 amide bonds. The molecule has 1 heterocycles. The number of nitrogens with zero attached hydrogens (tertiary/aromatic N) is 2. The molecular weight excluding hydrogens is 144 g/mol. The van der Waals surface area contributed by atoms with Crippen molar-refractivity contribution in [3.63, 3.8) is 0 Å². The lowest BCUT2D eigenvalue weighted by Gasteiger charge is -1.82. The van der Waals surface area contributed by atoms with Gasteiger partial charge < -0.3 is 0 Å². The maximum absolute atomic E-state index is 4.12. The minimum Gasteiger partial charge on any atom is -0.244 e. The zero-order valence-corrected chi connectivity index (χ0v) is 6.61. The number of thiazole rings is 1. The van der Waals surface area contributed by atoms with Crippen molar-refractivity contribution in [2.45, 2.75) is 6.92 Å². The molecule has 0 aliphatic rings. The number of rotatable bonds is 2. The summed E-state index contributed by atoms with van der Waals surface area (Å²) in [7, 11) is 0. The summed E-state index contributed by atoms with van der Waals surface area (Å²) >= 11 is 1.58. The Kier molecular flexibility index (Phi) is 1.97. The van der Waals surface area contributed by atoms with Crippen LogP contribution in [0.1, 0.15) is 9.88 Å². The van der Waals surface area contributed by atoms with E-state index in [1.807, 2.05) is 6.92 Å². The largest absolute Gasteiger partial charge is 0.244 e. The summed E-state index contributed by atoms with van der Waals surface area (Å²) in [5.41, 5.74) is 0. The zero-order valence-electron chi connectivity index (χ0n) is 5.79. The van der Waals surface area contributed by atoms with Crippen LogP contribution in [0, 0.1) is 6.92 Å². The Morgan fingerprint density at radius 2 is 2.40 bits per heavy atom. The Bertz CT molecular complexity index is 237. The van der Waals surface area contributed by atoms with Gasteiger partial charge in [0.15, 0.2) is 5.82 Å². The summed E-state index contributed by atoms with van der Waals surface area (Å²) in [6.45, 7) is 8.97. The van der Waals surface area contributed by atoms with Gasteiger partial charge in [-0.2, -0.15) is 0 Å². The van der Waals surface area contributed by atoms with Gasteiger partial charge in [0.25, 0.3) is 0 Å². The standard InChI is InChI=1S/C7H8N2S/c1-4-6-7(8-3)9-5(2)10-6/h4H,1,3H2,2H3. The molecule has 3 heteroatoms. The molecule has 1 aromatic rings. The van der Waals surface area contributed by atoms with E-state index >= 15 is 0 Å². The molecule has 0 spiro atoms. The molecule has 10 heavy (non-hydrogen) atoms. The fourth-order valence-corrected chi connectivity index (χ4v) is 1.41. The molecule has 0 N–H and O–H groups in total. The number of hydrogen-bond donors (Lipinski definition) is 0. The van der Waals surface area contributed by atoms with Gasteiger partial charge in [-0.3, -0.25) is 0 Å². The van der Waals surface area contributed by atoms with E-state index in [-0.39, 0.29) is 0 Å². The van der Waals surface area contributed by atoms with E-state index in [4.69, 9.17) is 0 Å². The minimum absolute atomic E-state index is 0.692. The van der Waals surface area contributed by atoms with Crippen molar-refractivity contribution in [2.75, 3.05) is 0 Å². The predicted octanol–water partition coefficient (Wildman–Crippen LogP) is 2.43. The molecule has 2 nitrogen and oxygen atoms in total. The van der Waals surface area contributed by atoms with E-state index in [1.165, 1.54) is 0 Å². The number of aryl methyl sites for hydroxylation is 1. The van der Waals surface area contributed by atoms with Gasteiger partial charge in [-0.05, 0) is 19.7 Å². The smallest absolute Gasteiger partial charge is 0.169 e. The molecule has 0 aliphatic carbocycles. The van der Waals surface area contributed by atoms with Gasteiger partial charge >= 0.3 is 0 Å². The Balaban J connectivity index is 3.20. The minimum atomic E-state index is 0.692. The molecule has 0 aromatic carbocycles. The fraction of sp³-hybridized carbons (Fsp3) is 0.143. The summed E-state index contributed by atoms with van der Waals surface area (Å²) < 4.78 is 0. The Labute approximate surface area is 64.0 Å². The molecular formula is C7H8N2S.